The van der Waals surface area contributed by atoms with E-state index in [1.54, 1.807) is 11.3 Å². The number of nitrogens with zero attached hydrogens (tertiary/aromatic N) is 2. The highest BCUT2D eigenvalue weighted by atomic mass is 32.1. The Bertz CT molecular complexity index is 1070. The number of aliphatic hydroxyl groups is 1. The zero-order valence-corrected chi connectivity index (χ0v) is 17.4. The smallest absolute Gasteiger partial charge is 0.270 e. The molecule has 3 N–H and O–H groups in total. The molecule has 1 amide bonds. The number of anilines is 1. The maximum absolute atomic E-state index is 13.1. The number of carbonyl (C=O) groups excluding carboxylic acids is 1. The molecule has 1 aliphatic heterocycles. The molecule has 2 aromatic heterocycles. The van der Waals surface area contributed by atoms with Gasteiger partial charge in [0.1, 0.15) is 5.69 Å². The number of carbonyl (C=O) groups is 1. The highest BCUT2D eigenvalue weighted by molar-refractivity contribution is 7.15. The number of hydrogen-bond donors (Lipinski definition) is 3. The van der Waals surface area contributed by atoms with E-state index in [0.29, 0.717) is 18.8 Å². The fraction of sp³-hybridized carbons (Fsp3) is 0.455. The minimum atomic E-state index is 0.0500. The molecule has 0 saturated heterocycles. The first-order valence-electron chi connectivity index (χ1n) is 10.3. The van der Waals surface area contributed by atoms with Crippen molar-refractivity contribution in [2.75, 3.05) is 25.0 Å². The van der Waals surface area contributed by atoms with Crippen molar-refractivity contribution in [3.05, 3.63) is 46.1 Å². The Hall–Kier alpha value is -2.38. The Labute approximate surface area is 174 Å². The van der Waals surface area contributed by atoms with Crippen LogP contribution in [-0.4, -0.2) is 45.6 Å². The Balaban J connectivity index is 1.31. The van der Waals surface area contributed by atoms with Crippen molar-refractivity contribution in [1.82, 2.24) is 14.9 Å². The number of H-pyrrole nitrogens is 1. The molecule has 1 aromatic carbocycles. The lowest BCUT2D eigenvalue weighted by molar-refractivity contribution is 0.0731. The number of fused-ring (bicyclic) bond motifs is 2. The summed E-state index contributed by atoms with van der Waals surface area (Å²) in [7, 11) is 0. The van der Waals surface area contributed by atoms with Gasteiger partial charge in [-0.3, -0.25) is 4.79 Å². The highest BCUT2D eigenvalue weighted by Crippen LogP contribution is 2.45. The van der Waals surface area contributed by atoms with Crippen molar-refractivity contribution in [1.29, 1.82) is 0 Å². The molecule has 1 fully saturated rings. The Morgan fingerprint density at radius 3 is 3.03 bits per heavy atom. The number of amides is 1. The van der Waals surface area contributed by atoms with E-state index in [4.69, 9.17) is 4.98 Å². The van der Waals surface area contributed by atoms with Gasteiger partial charge in [0, 0.05) is 40.7 Å². The molecule has 1 saturated carbocycles. The number of rotatable bonds is 6. The van der Waals surface area contributed by atoms with Crippen molar-refractivity contribution in [3.63, 3.8) is 0 Å². The summed E-state index contributed by atoms with van der Waals surface area (Å²) in [5.74, 6) is 0.0500. The van der Waals surface area contributed by atoms with Gasteiger partial charge in [0.15, 0.2) is 5.13 Å². The van der Waals surface area contributed by atoms with Crippen LogP contribution in [0.3, 0.4) is 0 Å². The van der Waals surface area contributed by atoms with Gasteiger partial charge in [-0.25, -0.2) is 4.98 Å². The monoisotopic (exact) mass is 410 g/mol. The second kappa shape index (κ2) is 7.15. The summed E-state index contributed by atoms with van der Waals surface area (Å²) in [6.45, 7) is 4.43. The first-order chi connectivity index (χ1) is 14.1. The summed E-state index contributed by atoms with van der Waals surface area (Å²) in [4.78, 5) is 24.2. The summed E-state index contributed by atoms with van der Waals surface area (Å²) in [6, 6.07) is 8.18. The minimum absolute atomic E-state index is 0.0500. The van der Waals surface area contributed by atoms with E-state index < -0.39 is 0 Å². The maximum Gasteiger partial charge on any atom is 0.270 e. The largest absolute Gasteiger partial charge is 0.396 e. The molecule has 29 heavy (non-hydrogen) atoms. The number of benzene rings is 1. The van der Waals surface area contributed by atoms with Crippen LogP contribution in [-0.2, 0) is 19.4 Å². The number of hydrogen-bond acceptors (Lipinski definition) is 5. The van der Waals surface area contributed by atoms with Gasteiger partial charge in [0.05, 0.1) is 18.8 Å². The minimum Gasteiger partial charge on any atom is -0.396 e. The number of aliphatic hydroxyl groups excluding tert-OH is 1. The van der Waals surface area contributed by atoms with E-state index in [-0.39, 0.29) is 17.9 Å². The van der Waals surface area contributed by atoms with Crippen LogP contribution in [0.2, 0.25) is 0 Å². The second-order valence-corrected chi connectivity index (χ2v) is 9.38. The van der Waals surface area contributed by atoms with Crippen molar-refractivity contribution in [2.24, 2.45) is 5.41 Å². The van der Waals surface area contributed by atoms with E-state index in [1.165, 1.54) is 5.56 Å². The SMILES string of the molecule is CCc1cccc2[nH]c(C(=O)N3CCc4nc(NCC5(CO)CC5)sc4C3)cc12. The van der Waals surface area contributed by atoms with Crippen LogP contribution in [0.1, 0.15) is 46.4 Å². The molecular weight excluding hydrogens is 384 g/mol. The van der Waals surface area contributed by atoms with Crippen LogP contribution in [0.25, 0.3) is 10.9 Å². The second-order valence-electron chi connectivity index (χ2n) is 8.29. The standard InChI is InChI=1S/C22H26N4O2S/c1-2-14-4-3-5-16-15(14)10-18(24-16)20(28)26-9-6-17-19(11-26)29-21(25-17)23-12-22(13-27)7-8-22/h3-5,10,24,27H,2,6-9,11-13H2,1H3,(H,23,25). The molecule has 2 aliphatic rings. The van der Waals surface area contributed by atoms with Crippen molar-refractivity contribution >= 4 is 33.3 Å². The summed E-state index contributed by atoms with van der Waals surface area (Å²) >= 11 is 1.63. The van der Waals surface area contributed by atoms with E-state index in [0.717, 1.165) is 58.8 Å². The van der Waals surface area contributed by atoms with Crippen LogP contribution in [0.15, 0.2) is 24.3 Å². The van der Waals surface area contributed by atoms with Gasteiger partial charge in [-0.2, -0.15) is 0 Å². The predicted octanol–water partition coefficient (Wildman–Crippen LogP) is 3.57. The normalized spacial score (nSPS) is 17.4. The van der Waals surface area contributed by atoms with Crippen LogP contribution in [0.4, 0.5) is 5.13 Å². The summed E-state index contributed by atoms with van der Waals surface area (Å²) in [5.41, 5.74) is 4.09. The van der Waals surface area contributed by atoms with Crippen LogP contribution < -0.4 is 5.32 Å². The lowest BCUT2D eigenvalue weighted by Gasteiger charge is -2.25. The predicted molar refractivity (Wildman–Crippen MR) is 115 cm³/mol. The molecule has 0 unspecified atom stereocenters. The van der Waals surface area contributed by atoms with Gasteiger partial charge < -0.3 is 20.3 Å². The third-order valence-electron chi connectivity index (χ3n) is 6.29. The van der Waals surface area contributed by atoms with Gasteiger partial charge in [0.25, 0.3) is 5.91 Å². The number of aryl methyl sites for hydroxylation is 1. The van der Waals surface area contributed by atoms with Crippen molar-refractivity contribution < 1.29 is 9.90 Å². The summed E-state index contributed by atoms with van der Waals surface area (Å²) in [5, 5.41) is 14.9. The summed E-state index contributed by atoms with van der Waals surface area (Å²) in [6.07, 6.45) is 3.89. The van der Waals surface area contributed by atoms with E-state index in [1.807, 2.05) is 23.1 Å². The molecule has 0 spiro atoms. The first-order valence-corrected chi connectivity index (χ1v) is 11.2. The quantitative estimate of drug-likeness (QED) is 0.580. The van der Waals surface area contributed by atoms with Crippen LogP contribution in [0.5, 0.6) is 0 Å². The van der Waals surface area contributed by atoms with Crippen LogP contribution >= 0.6 is 11.3 Å². The molecule has 7 heteroatoms. The Morgan fingerprint density at radius 2 is 2.28 bits per heavy atom. The molecule has 6 nitrogen and oxygen atoms in total. The lowest BCUT2D eigenvalue weighted by atomic mass is 10.1. The Morgan fingerprint density at radius 1 is 1.41 bits per heavy atom. The molecule has 152 valence electrons. The third-order valence-corrected chi connectivity index (χ3v) is 7.33. The average Bonchev–Trinajstić information content (AvgIpc) is 3.21. The zero-order chi connectivity index (χ0) is 20.0. The van der Waals surface area contributed by atoms with Gasteiger partial charge in [0.2, 0.25) is 0 Å². The number of aromatic amines is 1. The summed E-state index contributed by atoms with van der Waals surface area (Å²) < 4.78 is 0. The zero-order valence-electron chi connectivity index (χ0n) is 16.6. The maximum atomic E-state index is 13.1. The Kier molecular flexibility index (Phi) is 4.59. The molecular formula is C22H26N4O2S. The van der Waals surface area contributed by atoms with Gasteiger partial charge in [-0.1, -0.05) is 30.4 Å². The average molecular weight is 411 g/mol. The molecule has 0 bridgehead atoms. The number of nitrogens with one attached hydrogen (secondary N) is 2. The molecule has 0 radical (unpaired) electrons. The number of thiazole rings is 1. The molecule has 3 heterocycles. The van der Waals surface area contributed by atoms with Crippen molar-refractivity contribution in [2.45, 2.75) is 39.2 Å². The molecule has 1 aliphatic carbocycles. The van der Waals surface area contributed by atoms with Crippen molar-refractivity contribution in [3.8, 4) is 0 Å². The van der Waals surface area contributed by atoms with Crippen LogP contribution in [0, 0.1) is 5.41 Å². The van der Waals surface area contributed by atoms with Gasteiger partial charge in [-0.05, 0) is 37.0 Å². The van der Waals surface area contributed by atoms with Gasteiger partial charge >= 0.3 is 0 Å². The fourth-order valence-corrected chi connectivity index (χ4v) is 5.11. The van der Waals surface area contributed by atoms with E-state index in [9.17, 15) is 9.90 Å². The third kappa shape index (κ3) is 3.42. The van der Waals surface area contributed by atoms with E-state index >= 15 is 0 Å². The molecule has 0 atom stereocenters. The van der Waals surface area contributed by atoms with Gasteiger partial charge in [-0.15, -0.1) is 0 Å². The number of aromatic nitrogens is 2. The molecule has 5 rings (SSSR count). The van der Waals surface area contributed by atoms with E-state index in [2.05, 4.69) is 23.3 Å². The topological polar surface area (TPSA) is 81.2 Å². The fourth-order valence-electron chi connectivity index (χ4n) is 4.09. The first kappa shape index (κ1) is 18.6. The lowest BCUT2D eigenvalue weighted by Crippen LogP contribution is -2.35. The highest BCUT2D eigenvalue weighted by Gasteiger charge is 2.42. The molecule has 3 aromatic rings.